The van der Waals surface area contributed by atoms with Crippen LogP contribution in [0.15, 0.2) is 16.9 Å². The first-order chi connectivity index (χ1) is 14.3. The fraction of sp³-hybridized carbons (Fsp3) is 0.500. The summed E-state index contributed by atoms with van der Waals surface area (Å²) in [6.07, 6.45) is 0. The first-order valence-corrected chi connectivity index (χ1v) is 9.88. The molecule has 2 rings (SSSR count). The maximum Gasteiger partial charge on any atom is 0.275 e. The number of fused-ring (bicyclic) bond motifs is 1. The van der Waals surface area contributed by atoms with Crippen LogP contribution in [0.3, 0.4) is 0 Å². The largest absolute Gasteiger partial charge is 0.493 e. The Labute approximate surface area is 175 Å². The molecular formula is C20H30N5O5+. The van der Waals surface area contributed by atoms with E-state index in [1.165, 1.54) is 14.2 Å². The van der Waals surface area contributed by atoms with Gasteiger partial charge in [0.25, 0.3) is 11.5 Å². The van der Waals surface area contributed by atoms with Crippen LogP contribution < -0.4 is 30.6 Å². The van der Waals surface area contributed by atoms with Crippen molar-refractivity contribution >= 4 is 22.7 Å². The number of carbonyl (C=O) groups is 2. The number of rotatable bonds is 10. The number of carbonyl (C=O) groups excluding carboxylic acids is 2. The number of ether oxygens (including phenoxy) is 2. The number of nitrogens with zero attached hydrogens (tertiary/aromatic N) is 1. The van der Waals surface area contributed by atoms with Crippen molar-refractivity contribution in [3.63, 3.8) is 0 Å². The Morgan fingerprint density at radius 1 is 1.20 bits per heavy atom. The number of amides is 2. The molecule has 0 radical (unpaired) electrons. The molecule has 1 heterocycles. The lowest BCUT2D eigenvalue weighted by Gasteiger charge is -2.19. The van der Waals surface area contributed by atoms with E-state index in [0.717, 1.165) is 4.90 Å². The number of H-pyrrole nitrogens is 1. The second-order valence-corrected chi connectivity index (χ2v) is 6.88. The molecule has 0 aliphatic carbocycles. The number of likely N-dealkylation sites (N-methyl/N-ethyl adjacent to an activating group) is 2. The van der Waals surface area contributed by atoms with Gasteiger partial charge in [0.15, 0.2) is 23.9 Å². The van der Waals surface area contributed by atoms with E-state index in [0.29, 0.717) is 47.9 Å². The van der Waals surface area contributed by atoms with Crippen molar-refractivity contribution in [3.8, 4) is 11.5 Å². The van der Waals surface area contributed by atoms with Crippen LogP contribution in [-0.2, 0) is 16.1 Å². The van der Waals surface area contributed by atoms with E-state index < -0.39 is 6.04 Å². The van der Waals surface area contributed by atoms with Crippen molar-refractivity contribution in [2.24, 2.45) is 0 Å². The summed E-state index contributed by atoms with van der Waals surface area (Å²) in [4.78, 5) is 44.8. The Morgan fingerprint density at radius 2 is 1.87 bits per heavy atom. The fourth-order valence-corrected chi connectivity index (χ4v) is 3.06. The fourth-order valence-electron chi connectivity index (χ4n) is 3.06. The van der Waals surface area contributed by atoms with Gasteiger partial charge in [0.05, 0.1) is 31.7 Å². The minimum absolute atomic E-state index is 0.147. The molecule has 2 amide bonds. The molecule has 1 aromatic heterocycles. The Morgan fingerprint density at radius 3 is 2.47 bits per heavy atom. The first kappa shape index (κ1) is 23.1. The third kappa shape index (κ3) is 5.69. The van der Waals surface area contributed by atoms with E-state index in [4.69, 9.17) is 9.47 Å². The van der Waals surface area contributed by atoms with Gasteiger partial charge >= 0.3 is 0 Å². The zero-order valence-electron chi connectivity index (χ0n) is 18.0. The molecule has 0 aliphatic rings. The number of hydrogen-bond acceptors (Lipinski definition) is 6. The normalized spacial score (nSPS) is 12.8. The molecule has 0 fully saturated rings. The molecule has 2 atom stereocenters. The predicted octanol–water partition coefficient (Wildman–Crippen LogP) is -1.01. The van der Waals surface area contributed by atoms with Gasteiger partial charge in [0, 0.05) is 12.6 Å². The van der Waals surface area contributed by atoms with Gasteiger partial charge in [-0.1, -0.05) is 0 Å². The number of aromatic amines is 1. The Balaban J connectivity index is 2.15. The van der Waals surface area contributed by atoms with Crippen LogP contribution in [0.4, 0.5) is 0 Å². The van der Waals surface area contributed by atoms with Crippen LogP contribution in [0.2, 0.25) is 0 Å². The van der Waals surface area contributed by atoms with E-state index >= 15 is 0 Å². The van der Waals surface area contributed by atoms with Gasteiger partial charge in [0.1, 0.15) is 12.6 Å². The molecule has 1 aromatic carbocycles. The van der Waals surface area contributed by atoms with Crippen LogP contribution in [0, 0.1) is 0 Å². The number of hydrogen-bond donors (Lipinski definition) is 4. The molecule has 30 heavy (non-hydrogen) atoms. The number of aromatic nitrogens is 2. The van der Waals surface area contributed by atoms with Gasteiger partial charge in [0.2, 0.25) is 5.91 Å². The first-order valence-electron chi connectivity index (χ1n) is 9.88. The van der Waals surface area contributed by atoms with Crippen molar-refractivity contribution in [2.45, 2.75) is 33.4 Å². The Bertz CT molecular complexity index is 958. The Kier molecular flexibility index (Phi) is 8.16. The summed E-state index contributed by atoms with van der Waals surface area (Å²) in [5.41, 5.74) is 0.192. The second kappa shape index (κ2) is 10.6. The van der Waals surface area contributed by atoms with Gasteiger partial charge in [-0.05, 0) is 26.8 Å². The molecular weight excluding hydrogens is 390 g/mol. The number of quaternary nitrogens is 1. The number of benzene rings is 1. The molecule has 2 aromatic rings. The van der Waals surface area contributed by atoms with Crippen LogP contribution in [0.1, 0.15) is 26.6 Å². The van der Waals surface area contributed by atoms with E-state index in [9.17, 15) is 14.4 Å². The highest BCUT2D eigenvalue weighted by Crippen LogP contribution is 2.29. The van der Waals surface area contributed by atoms with Crippen LogP contribution >= 0.6 is 0 Å². The van der Waals surface area contributed by atoms with Gasteiger partial charge in [-0.25, -0.2) is 4.98 Å². The molecule has 0 saturated heterocycles. The molecule has 164 valence electrons. The minimum atomic E-state index is -0.614. The van der Waals surface area contributed by atoms with E-state index in [-0.39, 0.29) is 23.9 Å². The van der Waals surface area contributed by atoms with E-state index in [1.54, 1.807) is 19.1 Å². The maximum absolute atomic E-state index is 12.5. The molecule has 0 spiro atoms. The van der Waals surface area contributed by atoms with Gasteiger partial charge in [-0.2, -0.15) is 0 Å². The predicted molar refractivity (Wildman–Crippen MR) is 112 cm³/mol. The summed E-state index contributed by atoms with van der Waals surface area (Å²) in [5, 5.41) is 5.75. The van der Waals surface area contributed by atoms with Crippen LogP contribution in [-0.4, -0.2) is 61.7 Å². The third-order valence-electron chi connectivity index (χ3n) is 4.71. The highest BCUT2D eigenvalue weighted by atomic mass is 16.5. The van der Waals surface area contributed by atoms with Crippen molar-refractivity contribution in [1.29, 1.82) is 0 Å². The quantitative estimate of drug-likeness (QED) is 0.390. The summed E-state index contributed by atoms with van der Waals surface area (Å²) in [6, 6.07) is 2.63. The third-order valence-corrected chi connectivity index (χ3v) is 4.71. The van der Waals surface area contributed by atoms with Gasteiger partial charge in [-0.15, -0.1) is 0 Å². The van der Waals surface area contributed by atoms with Crippen LogP contribution in [0.5, 0.6) is 11.5 Å². The lowest BCUT2D eigenvalue weighted by Crippen LogP contribution is -3.11. The summed E-state index contributed by atoms with van der Waals surface area (Å²) < 4.78 is 10.5. The van der Waals surface area contributed by atoms with E-state index in [2.05, 4.69) is 20.6 Å². The van der Waals surface area contributed by atoms with Gasteiger partial charge in [-0.3, -0.25) is 14.4 Å². The summed E-state index contributed by atoms with van der Waals surface area (Å²) in [6.45, 7) is 7.02. The monoisotopic (exact) mass is 420 g/mol. The van der Waals surface area contributed by atoms with Crippen molar-refractivity contribution in [2.75, 3.05) is 33.9 Å². The lowest BCUT2D eigenvalue weighted by molar-refractivity contribution is -0.904. The zero-order chi connectivity index (χ0) is 22.3. The molecule has 0 bridgehead atoms. The molecule has 10 heteroatoms. The second-order valence-electron chi connectivity index (χ2n) is 6.88. The average Bonchev–Trinajstić information content (AvgIpc) is 2.72. The average molecular weight is 420 g/mol. The number of nitrogens with one attached hydrogen (secondary N) is 4. The SMILES string of the molecule is CCNC(=O)[C@@H](C)NC(=O)C[NH+](CC)Cc1nc2cc(OC)c(OC)cc2c(=O)[nH]1. The standard InChI is InChI=1S/C20H29N5O5/c1-6-21-19(27)12(3)22-18(26)11-25(7-2)10-17-23-14-9-16(30-5)15(29-4)8-13(14)20(28)24-17/h8-9,12H,6-7,10-11H2,1-5H3,(H,21,27)(H,22,26)(H,23,24,28)/p+1/t12-/m1/s1. The lowest BCUT2D eigenvalue weighted by atomic mass is 10.2. The summed E-state index contributed by atoms with van der Waals surface area (Å²) >= 11 is 0. The van der Waals surface area contributed by atoms with Gasteiger partial charge < -0.3 is 30.0 Å². The summed E-state index contributed by atoms with van der Waals surface area (Å²) in [7, 11) is 3.01. The highest BCUT2D eigenvalue weighted by molar-refractivity contribution is 5.87. The molecule has 10 nitrogen and oxygen atoms in total. The molecule has 0 saturated carbocycles. The maximum atomic E-state index is 12.5. The molecule has 1 unspecified atom stereocenters. The van der Waals surface area contributed by atoms with E-state index in [1.807, 2.05) is 13.8 Å². The van der Waals surface area contributed by atoms with Crippen molar-refractivity contribution in [3.05, 3.63) is 28.3 Å². The number of methoxy groups -OCH3 is 2. The topological polar surface area (TPSA) is 127 Å². The zero-order valence-corrected chi connectivity index (χ0v) is 18.0. The molecule has 0 aliphatic heterocycles. The molecule has 4 N–H and O–H groups in total. The smallest absolute Gasteiger partial charge is 0.275 e. The van der Waals surface area contributed by atoms with Crippen molar-refractivity contribution < 1.29 is 24.0 Å². The van der Waals surface area contributed by atoms with Crippen molar-refractivity contribution in [1.82, 2.24) is 20.6 Å². The van der Waals surface area contributed by atoms with Crippen LogP contribution in [0.25, 0.3) is 10.9 Å². The highest BCUT2D eigenvalue weighted by Gasteiger charge is 2.20. The summed E-state index contributed by atoms with van der Waals surface area (Å²) in [5.74, 6) is 0.909. The minimum Gasteiger partial charge on any atom is -0.493 e. The Hall–Kier alpha value is -3.14.